The van der Waals surface area contributed by atoms with Crippen molar-refractivity contribution in [2.75, 3.05) is 0 Å². The molecule has 2 aromatic heterocycles. The Morgan fingerprint density at radius 3 is 2.73 bits per heavy atom. The summed E-state index contributed by atoms with van der Waals surface area (Å²) in [6, 6.07) is 14.0. The number of nitrogens with zero attached hydrogens (tertiary/aromatic N) is 3. The molecule has 0 saturated carbocycles. The molecule has 0 radical (unpaired) electrons. The standard InChI is InChI=1S/C12H9N3/c1-2-5-11-10(4-1)6-7-12(14-11)15-9-3-8-13-15/h1-9H. The Labute approximate surface area is 87.0 Å². The first-order valence-electron chi connectivity index (χ1n) is 4.79. The van der Waals surface area contributed by atoms with Crippen molar-refractivity contribution in [2.24, 2.45) is 0 Å². The number of hydrogen-bond donors (Lipinski definition) is 0. The van der Waals surface area contributed by atoms with Crippen LogP contribution in [0.1, 0.15) is 0 Å². The number of fused-ring (bicyclic) bond motifs is 1. The normalized spacial score (nSPS) is 10.7. The largest absolute Gasteiger partial charge is 0.229 e. The quantitative estimate of drug-likeness (QED) is 0.597. The lowest BCUT2D eigenvalue weighted by Crippen LogP contribution is -1.97. The molecule has 2 heterocycles. The minimum atomic E-state index is 0.846. The second kappa shape index (κ2) is 3.20. The predicted molar refractivity (Wildman–Crippen MR) is 58.9 cm³/mol. The average Bonchev–Trinajstić information content (AvgIpc) is 2.82. The van der Waals surface area contributed by atoms with Crippen LogP contribution in [0.3, 0.4) is 0 Å². The van der Waals surface area contributed by atoms with E-state index in [-0.39, 0.29) is 0 Å². The Kier molecular flexibility index (Phi) is 1.75. The fourth-order valence-corrected chi connectivity index (χ4v) is 1.59. The van der Waals surface area contributed by atoms with E-state index in [0.29, 0.717) is 0 Å². The molecule has 0 spiro atoms. The lowest BCUT2D eigenvalue weighted by molar-refractivity contribution is 0.853. The van der Waals surface area contributed by atoms with Crippen molar-refractivity contribution >= 4 is 10.9 Å². The third-order valence-corrected chi connectivity index (χ3v) is 2.32. The van der Waals surface area contributed by atoms with Crippen molar-refractivity contribution in [3.63, 3.8) is 0 Å². The Bertz CT molecular complexity index is 585. The smallest absolute Gasteiger partial charge is 0.153 e. The van der Waals surface area contributed by atoms with E-state index in [1.807, 2.05) is 36.5 Å². The van der Waals surface area contributed by atoms with Crippen LogP contribution < -0.4 is 0 Å². The van der Waals surface area contributed by atoms with E-state index < -0.39 is 0 Å². The molecule has 0 atom stereocenters. The molecule has 1 aromatic carbocycles. The zero-order chi connectivity index (χ0) is 10.1. The zero-order valence-electron chi connectivity index (χ0n) is 8.04. The Morgan fingerprint density at radius 2 is 1.87 bits per heavy atom. The van der Waals surface area contributed by atoms with Crippen molar-refractivity contribution in [2.45, 2.75) is 0 Å². The number of hydrogen-bond acceptors (Lipinski definition) is 2. The molecule has 0 aliphatic rings. The first-order chi connectivity index (χ1) is 7.43. The molecule has 3 rings (SSSR count). The third kappa shape index (κ3) is 1.38. The summed E-state index contributed by atoms with van der Waals surface area (Å²) in [5.74, 6) is 0.846. The molecule has 3 nitrogen and oxygen atoms in total. The number of benzene rings is 1. The maximum absolute atomic E-state index is 4.52. The molecular weight excluding hydrogens is 186 g/mol. The monoisotopic (exact) mass is 195 g/mol. The van der Waals surface area contributed by atoms with Gasteiger partial charge in [-0.05, 0) is 24.3 Å². The lowest BCUT2D eigenvalue weighted by Gasteiger charge is -2.01. The summed E-state index contributed by atoms with van der Waals surface area (Å²) in [5.41, 5.74) is 0.991. The average molecular weight is 195 g/mol. The van der Waals surface area contributed by atoms with Crippen molar-refractivity contribution in [1.82, 2.24) is 14.8 Å². The van der Waals surface area contributed by atoms with Gasteiger partial charge >= 0.3 is 0 Å². The summed E-state index contributed by atoms with van der Waals surface area (Å²) >= 11 is 0. The van der Waals surface area contributed by atoms with Crippen LogP contribution >= 0.6 is 0 Å². The van der Waals surface area contributed by atoms with E-state index in [1.165, 1.54) is 0 Å². The van der Waals surface area contributed by atoms with Crippen LogP contribution in [0, 0.1) is 0 Å². The molecule has 72 valence electrons. The fourth-order valence-electron chi connectivity index (χ4n) is 1.59. The van der Waals surface area contributed by atoms with Crippen LogP contribution in [0.2, 0.25) is 0 Å². The van der Waals surface area contributed by atoms with Gasteiger partial charge < -0.3 is 0 Å². The van der Waals surface area contributed by atoms with Crippen molar-refractivity contribution in [3.8, 4) is 5.82 Å². The van der Waals surface area contributed by atoms with Gasteiger partial charge in [-0.15, -0.1) is 0 Å². The van der Waals surface area contributed by atoms with Gasteiger partial charge in [0.05, 0.1) is 5.52 Å². The third-order valence-electron chi connectivity index (χ3n) is 2.32. The maximum Gasteiger partial charge on any atom is 0.153 e. The van der Waals surface area contributed by atoms with Gasteiger partial charge in [0.15, 0.2) is 5.82 Å². The van der Waals surface area contributed by atoms with E-state index in [1.54, 1.807) is 10.9 Å². The topological polar surface area (TPSA) is 30.7 Å². The molecule has 0 unspecified atom stereocenters. The van der Waals surface area contributed by atoms with Crippen LogP contribution in [-0.2, 0) is 0 Å². The van der Waals surface area contributed by atoms with E-state index >= 15 is 0 Å². The highest BCUT2D eigenvalue weighted by molar-refractivity contribution is 5.79. The van der Waals surface area contributed by atoms with Crippen LogP contribution in [0.15, 0.2) is 54.9 Å². The number of aromatic nitrogens is 3. The molecule has 0 aliphatic carbocycles. The first kappa shape index (κ1) is 8.17. The first-order valence-corrected chi connectivity index (χ1v) is 4.79. The van der Waals surface area contributed by atoms with Gasteiger partial charge in [0, 0.05) is 17.8 Å². The molecule has 0 fully saturated rings. The van der Waals surface area contributed by atoms with E-state index in [2.05, 4.69) is 22.2 Å². The number of para-hydroxylation sites is 1. The summed E-state index contributed by atoms with van der Waals surface area (Å²) < 4.78 is 1.76. The van der Waals surface area contributed by atoms with Crippen molar-refractivity contribution < 1.29 is 0 Å². The Hall–Kier alpha value is -2.16. The summed E-state index contributed by atoms with van der Waals surface area (Å²) in [5, 5.41) is 5.29. The van der Waals surface area contributed by atoms with Gasteiger partial charge in [-0.25, -0.2) is 9.67 Å². The van der Waals surface area contributed by atoms with Gasteiger partial charge in [-0.1, -0.05) is 18.2 Å². The molecule has 3 aromatic rings. The molecule has 15 heavy (non-hydrogen) atoms. The van der Waals surface area contributed by atoms with Crippen LogP contribution in [0.25, 0.3) is 16.7 Å². The lowest BCUT2D eigenvalue weighted by atomic mass is 10.2. The van der Waals surface area contributed by atoms with Gasteiger partial charge in [-0.3, -0.25) is 0 Å². The molecule has 0 aliphatic heterocycles. The zero-order valence-corrected chi connectivity index (χ0v) is 8.04. The molecule has 0 amide bonds. The second-order valence-electron chi connectivity index (χ2n) is 3.31. The van der Waals surface area contributed by atoms with E-state index in [9.17, 15) is 0 Å². The fraction of sp³-hybridized carbons (Fsp3) is 0. The van der Waals surface area contributed by atoms with Crippen molar-refractivity contribution in [3.05, 3.63) is 54.9 Å². The highest BCUT2D eigenvalue weighted by Gasteiger charge is 1.98. The van der Waals surface area contributed by atoms with Gasteiger partial charge in [0.2, 0.25) is 0 Å². The van der Waals surface area contributed by atoms with Gasteiger partial charge in [0.1, 0.15) is 0 Å². The maximum atomic E-state index is 4.52. The van der Waals surface area contributed by atoms with Crippen LogP contribution in [0.4, 0.5) is 0 Å². The molecule has 0 saturated heterocycles. The van der Waals surface area contributed by atoms with Gasteiger partial charge in [0.25, 0.3) is 0 Å². The minimum Gasteiger partial charge on any atom is -0.229 e. The summed E-state index contributed by atoms with van der Waals surface area (Å²) in [7, 11) is 0. The highest BCUT2D eigenvalue weighted by atomic mass is 15.3. The number of pyridine rings is 1. The van der Waals surface area contributed by atoms with E-state index in [4.69, 9.17) is 0 Å². The van der Waals surface area contributed by atoms with Crippen LogP contribution in [-0.4, -0.2) is 14.8 Å². The SMILES string of the molecule is c1ccc2nc(-n3cccn3)ccc2c1. The molecule has 0 N–H and O–H groups in total. The summed E-state index contributed by atoms with van der Waals surface area (Å²) in [6.07, 6.45) is 3.63. The van der Waals surface area contributed by atoms with Gasteiger partial charge in [-0.2, -0.15) is 5.10 Å². The predicted octanol–water partition coefficient (Wildman–Crippen LogP) is 2.42. The van der Waals surface area contributed by atoms with E-state index in [0.717, 1.165) is 16.7 Å². The Balaban J connectivity index is 2.22. The Morgan fingerprint density at radius 1 is 0.933 bits per heavy atom. The molecule has 3 heteroatoms. The molecule has 0 bridgehead atoms. The van der Waals surface area contributed by atoms with Crippen molar-refractivity contribution in [1.29, 1.82) is 0 Å². The molecular formula is C12H9N3. The summed E-state index contributed by atoms with van der Waals surface area (Å²) in [4.78, 5) is 4.52. The van der Waals surface area contributed by atoms with Crippen LogP contribution in [0.5, 0.6) is 0 Å². The highest BCUT2D eigenvalue weighted by Crippen LogP contribution is 2.13. The summed E-state index contributed by atoms with van der Waals surface area (Å²) in [6.45, 7) is 0. The minimum absolute atomic E-state index is 0.846. The number of rotatable bonds is 1. The second-order valence-corrected chi connectivity index (χ2v) is 3.31.